The number of rotatable bonds is 12. The summed E-state index contributed by atoms with van der Waals surface area (Å²) in [4.78, 5) is 55.3. The van der Waals surface area contributed by atoms with Gasteiger partial charge in [-0.2, -0.15) is 0 Å². The van der Waals surface area contributed by atoms with Gasteiger partial charge in [0, 0.05) is 12.1 Å². The maximum Gasteiger partial charge on any atom is 0.358 e. The van der Waals surface area contributed by atoms with Crippen molar-refractivity contribution in [2.24, 2.45) is 0 Å². The second-order valence-corrected chi connectivity index (χ2v) is 12.9. The van der Waals surface area contributed by atoms with Gasteiger partial charge >= 0.3 is 5.97 Å². The third-order valence-corrected chi connectivity index (χ3v) is 10.3. The van der Waals surface area contributed by atoms with E-state index in [2.05, 4.69) is 10.3 Å². The monoisotopic (exact) mass is 652 g/mol. The molecule has 1 fully saturated rings. The summed E-state index contributed by atoms with van der Waals surface area (Å²) in [6, 6.07) is 20.7. The molecule has 0 unspecified atom stereocenters. The van der Waals surface area contributed by atoms with Crippen LogP contribution < -0.4 is 10.1 Å². The summed E-state index contributed by atoms with van der Waals surface area (Å²) in [6.07, 6.45) is 0. The predicted octanol–water partition coefficient (Wildman–Crippen LogP) is 5.21. The Hall–Kier alpha value is -4.60. The number of carbonyl (C=O) groups is 3. The van der Waals surface area contributed by atoms with Gasteiger partial charge in [-0.25, -0.2) is 9.78 Å². The minimum atomic E-state index is -1.04. The summed E-state index contributed by atoms with van der Waals surface area (Å²) in [5, 5.41) is 23.2. The first-order valence-electron chi connectivity index (χ1n) is 13.0. The number of ether oxygens (including phenoxy) is 2. The second kappa shape index (κ2) is 13.8. The number of non-ortho nitro benzene ring substituents is 1. The van der Waals surface area contributed by atoms with E-state index in [1.54, 1.807) is 24.3 Å². The molecule has 0 radical (unpaired) electrons. The molecule has 44 heavy (non-hydrogen) atoms. The predicted molar refractivity (Wildman–Crippen MR) is 166 cm³/mol. The van der Waals surface area contributed by atoms with Crippen molar-refractivity contribution in [3.8, 4) is 5.75 Å². The smallest absolute Gasteiger partial charge is 0.358 e. The summed E-state index contributed by atoms with van der Waals surface area (Å²) in [5.41, 5.74) is 0.775. The fourth-order valence-electron chi connectivity index (χ4n) is 4.14. The summed E-state index contributed by atoms with van der Waals surface area (Å²) >= 11 is 1.45. The average molecular weight is 653 g/mol. The van der Waals surface area contributed by atoms with E-state index in [1.807, 2.05) is 30.3 Å². The lowest BCUT2D eigenvalue weighted by atomic mass is 10.1. The van der Waals surface area contributed by atoms with Crippen molar-refractivity contribution >= 4 is 66.6 Å². The number of amides is 2. The van der Waals surface area contributed by atoms with Crippen LogP contribution in [0.1, 0.15) is 12.5 Å². The Morgan fingerprint density at radius 2 is 1.80 bits per heavy atom. The number of carbonyl (C=O) groups excluding carboxylic acids is 3. The molecule has 1 aromatic heterocycles. The van der Waals surface area contributed by atoms with Crippen LogP contribution in [0.25, 0.3) is 10.2 Å². The van der Waals surface area contributed by atoms with E-state index in [0.29, 0.717) is 15.7 Å². The molecule has 2 heterocycles. The molecule has 1 saturated heterocycles. The van der Waals surface area contributed by atoms with Crippen LogP contribution in [-0.4, -0.2) is 55.7 Å². The van der Waals surface area contributed by atoms with E-state index in [-0.39, 0.29) is 24.6 Å². The summed E-state index contributed by atoms with van der Waals surface area (Å²) < 4.78 is 12.5. The van der Waals surface area contributed by atoms with E-state index < -0.39 is 39.9 Å². The van der Waals surface area contributed by atoms with Gasteiger partial charge in [0.05, 0.1) is 15.1 Å². The van der Waals surface area contributed by atoms with Gasteiger partial charge in [-0.15, -0.1) is 11.3 Å². The first-order chi connectivity index (χ1) is 21.2. The van der Waals surface area contributed by atoms with E-state index in [1.165, 1.54) is 64.1 Å². The number of nitro benzene ring substituents is 1. The number of benzene rings is 3. The molecule has 15 heteroatoms. The molecule has 1 aliphatic heterocycles. The lowest BCUT2D eigenvalue weighted by Gasteiger charge is -2.46. The molecule has 3 aromatic carbocycles. The number of likely N-dealkylation sites (tertiary alicyclic amines) is 1. The Bertz CT molecular complexity index is 1690. The molecule has 0 saturated carbocycles. The number of hydrogen-bond acceptors (Lipinski definition) is 12. The van der Waals surface area contributed by atoms with Crippen molar-refractivity contribution in [2.75, 3.05) is 6.61 Å². The highest BCUT2D eigenvalue weighted by Gasteiger charge is 2.53. The largest absolute Gasteiger partial charge is 0.510 e. The van der Waals surface area contributed by atoms with Crippen molar-refractivity contribution in [2.45, 2.75) is 29.3 Å². The van der Waals surface area contributed by atoms with Gasteiger partial charge in [-0.1, -0.05) is 41.1 Å². The number of esters is 1. The number of aromatic nitrogens is 1. The fourth-order valence-corrected chi connectivity index (χ4v) is 8.06. The van der Waals surface area contributed by atoms with Gasteiger partial charge in [-0.05, 0) is 59.7 Å². The van der Waals surface area contributed by atoms with Crippen LogP contribution in [0.2, 0.25) is 0 Å². The van der Waals surface area contributed by atoms with Gasteiger partial charge in [0.15, 0.2) is 16.6 Å². The molecule has 2 N–H and O–H groups in total. The minimum Gasteiger partial charge on any atom is -0.510 e. The number of aliphatic hydroxyl groups excluding tert-OH is 1. The number of para-hydroxylation sites is 2. The third kappa shape index (κ3) is 7.12. The topological polar surface area (TPSA) is 161 Å². The van der Waals surface area contributed by atoms with E-state index in [9.17, 15) is 29.6 Å². The number of hydrogen-bond donors (Lipinski definition) is 2. The number of β-lactam (4-membered cyclic amide) rings is 1. The number of allylic oxidation sites excluding steroid dienone is 1. The Kier molecular flexibility index (Phi) is 9.67. The van der Waals surface area contributed by atoms with Crippen LogP contribution in [0.5, 0.6) is 5.75 Å². The molecular formula is C29H24N4O8S3. The van der Waals surface area contributed by atoms with Gasteiger partial charge in [-0.3, -0.25) is 24.6 Å². The Morgan fingerprint density at radius 1 is 1.09 bits per heavy atom. The van der Waals surface area contributed by atoms with Crippen LogP contribution in [0.4, 0.5) is 5.69 Å². The molecule has 1 aliphatic rings. The van der Waals surface area contributed by atoms with Crippen molar-refractivity contribution < 1.29 is 33.9 Å². The van der Waals surface area contributed by atoms with Crippen molar-refractivity contribution in [1.82, 2.24) is 15.2 Å². The minimum absolute atomic E-state index is 0.120. The highest BCUT2D eigenvalue weighted by Crippen LogP contribution is 2.45. The van der Waals surface area contributed by atoms with Crippen LogP contribution in [0.15, 0.2) is 94.7 Å². The molecular weight excluding hydrogens is 629 g/mol. The van der Waals surface area contributed by atoms with Crippen molar-refractivity contribution in [3.63, 3.8) is 0 Å². The number of nitro groups is 1. The maximum absolute atomic E-state index is 13.4. The van der Waals surface area contributed by atoms with Crippen molar-refractivity contribution in [3.05, 3.63) is 106 Å². The van der Waals surface area contributed by atoms with E-state index >= 15 is 0 Å². The number of nitrogens with one attached hydrogen (secondary N) is 1. The highest BCUT2D eigenvalue weighted by molar-refractivity contribution is 8.77. The van der Waals surface area contributed by atoms with Gasteiger partial charge < -0.3 is 19.9 Å². The molecule has 0 bridgehead atoms. The molecule has 4 aromatic rings. The SMILES string of the molecule is C/C(O)=C(\C(=O)OCc1ccc([N+](=O)[O-])cc1)N1C(=O)[C@@H](NC(=O)COc2ccccc2)[C@H]1SSc1nc2ccccc2s1. The number of fused-ring (bicyclic) bond motifs is 1. The standard InChI is InChI=1S/C29H24N4O8S3/c1-17(34)25(28(37)41-15-18-11-13-19(14-12-18)33(38)39)32-26(36)24(31-23(35)16-40-20-7-3-2-4-8-20)27(32)43-44-29-30-21-9-5-6-10-22(21)42-29/h2-14,24,27,34H,15-16H2,1H3,(H,31,35)/b25-17-/t24-,27-/m1/s1. The molecule has 226 valence electrons. The fraction of sp³-hybridized carbons (Fsp3) is 0.172. The molecule has 2 amide bonds. The van der Waals surface area contributed by atoms with Gasteiger partial charge in [0.1, 0.15) is 29.5 Å². The molecule has 0 aliphatic carbocycles. The lowest BCUT2D eigenvalue weighted by Crippen LogP contribution is -2.69. The zero-order valence-electron chi connectivity index (χ0n) is 22.9. The molecule has 0 spiro atoms. The molecule has 2 atom stereocenters. The van der Waals surface area contributed by atoms with Crippen LogP contribution in [0.3, 0.4) is 0 Å². The first kappa shape index (κ1) is 30.8. The number of aliphatic hydroxyl groups is 1. The summed E-state index contributed by atoms with van der Waals surface area (Å²) in [5.74, 6) is -2.13. The quantitative estimate of drug-likeness (QED) is 0.0393. The van der Waals surface area contributed by atoms with Crippen LogP contribution in [0, 0.1) is 10.1 Å². The zero-order chi connectivity index (χ0) is 31.2. The number of thiazole rings is 1. The molecule has 5 rings (SSSR count). The summed E-state index contributed by atoms with van der Waals surface area (Å²) in [7, 11) is 2.46. The molecule has 12 nitrogen and oxygen atoms in total. The Labute approximate surface area is 262 Å². The van der Waals surface area contributed by atoms with Crippen molar-refractivity contribution in [1.29, 1.82) is 0 Å². The zero-order valence-corrected chi connectivity index (χ0v) is 25.4. The first-order valence-corrected chi connectivity index (χ1v) is 16.0. The van der Waals surface area contributed by atoms with Crippen LogP contribution in [-0.2, 0) is 25.7 Å². The number of nitrogens with zero attached hydrogens (tertiary/aromatic N) is 3. The summed E-state index contributed by atoms with van der Waals surface area (Å²) in [6.45, 7) is 0.651. The van der Waals surface area contributed by atoms with Gasteiger partial charge in [0.2, 0.25) is 0 Å². The van der Waals surface area contributed by atoms with E-state index in [4.69, 9.17) is 9.47 Å². The van der Waals surface area contributed by atoms with Crippen LogP contribution >= 0.6 is 32.9 Å². The highest BCUT2D eigenvalue weighted by atomic mass is 33.1. The average Bonchev–Trinajstić information content (AvgIpc) is 3.45. The lowest BCUT2D eigenvalue weighted by molar-refractivity contribution is -0.384. The normalized spacial score (nSPS) is 16.6. The van der Waals surface area contributed by atoms with E-state index in [0.717, 1.165) is 15.1 Å². The second-order valence-electron chi connectivity index (χ2n) is 9.31. The van der Waals surface area contributed by atoms with Gasteiger partial charge in [0.25, 0.3) is 17.5 Å². The Morgan fingerprint density at radius 3 is 2.48 bits per heavy atom. The Balaban J connectivity index is 1.31. The third-order valence-electron chi connectivity index (χ3n) is 6.26. The maximum atomic E-state index is 13.4.